The molecule has 0 saturated carbocycles. The van der Waals surface area contributed by atoms with E-state index in [1.54, 1.807) is 53.4 Å². The third-order valence-electron chi connectivity index (χ3n) is 3.92. The topological polar surface area (TPSA) is 73.2 Å². The van der Waals surface area contributed by atoms with Crippen molar-refractivity contribution in [3.63, 3.8) is 0 Å². The van der Waals surface area contributed by atoms with Crippen LogP contribution < -0.4 is 10.2 Å². The number of para-hydroxylation sites is 1. The maximum Gasteiger partial charge on any atom is 0.229 e. The fourth-order valence-corrected chi connectivity index (χ4v) is 2.90. The van der Waals surface area contributed by atoms with Crippen LogP contribution >= 0.6 is 11.6 Å². The minimum absolute atomic E-state index is 0.122. The molecule has 1 saturated heterocycles. The summed E-state index contributed by atoms with van der Waals surface area (Å²) in [5.74, 6) is -0.782. The van der Waals surface area contributed by atoms with Gasteiger partial charge < -0.3 is 10.2 Å². The molecule has 1 N–H and O–H groups in total. The number of anilines is 2. The third kappa shape index (κ3) is 3.24. The molecule has 2 amide bonds. The first-order valence-corrected chi connectivity index (χ1v) is 7.82. The zero-order valence-corrected chi connectivity index (χ0v) is 13.5. The summed E-state index contributed by atoms with van der Waals surface area (Å²) in [4.78, 5) is 26.2. The van der Waals surface area contributed by atoms with Gasteiger partial charge in [0.25, 0.3) is 0 Å². The number of carbonyl (C=O) groups excluding carboxylic acids is 2. The van der Waals surface area contributed by atoms with Crippen LogP contribution in [0, 0.1) is 17.2 Å². The summed E-state index contributed by atoms with van der Waals surface area (Å²) in [7, 11) is 0. The zero-order chi connectivity index (χ0) is 17.1. The smallest absolute Gasteiger partial charge is 0.229 e. The predicted molar refractivity (Wildman–Crippen MR) is 91.7 cm³/mol. The van der Waals surface area contributed by atoms with Gasteiger partial charge in [-0.15, -0.1) is 0 Å². The molecule has 6 heteroatoms. The number of benzene rings is 2. The van der Waals surface area contributed by atoms with Crippen LogP contribution in [-0.2, 0) is 9.59 Å². The first-order valence-electron chi connectivity index (χ1n) is 7.44. The summed E-state index contributed by atoms with van der Waals surface area (Å²) in [6.45, 7) is 0.296. The Morgan fingerprint density at radius 1 is 1.21 bits per heavy atom. The van der Waals surface area contributed by atoms with E-state index < -0.39 is 5.92 Å². The van der Waals surface area contributed by atoms with E-state index in [1.165, 1.54) is 0 Å². The van der Waals surface area contributed by atoms with Gasteiger partial charge in [-0.3, -0.25) is 9.59 Å². The number of halogens is 1. The quantitative estimate of drug-likeness (QED) is 0.933. The van der Waals surface area contributed by atoms with Crippen LogP contribution in [0.25, 0.3) is 0 Å². The standard InChI is InChI=1S/C18H14ClN3O2/c19-15-3-1-2-4-16(15)22-11-13(9-17(22)23)18(24)21-14-7-5-12(10-20)6-8-14/h1-8,13H,9,11H2,(H,21,24)/t13-/m1/s1. The van der Waals surface area contributed by atoms with Crippen molar-refractivity contribution in [2.45, 2.75) is 6.42 Å². The van der Waals surface area contributed by atoms with E-state index >= 15 is 0 Å². The average molecular weight is 340 g/mol. The Bertz CT molecular complexity index is 827. The molecule has 1 atom stereocenters. The van der Waals surface area contributed by atoms with Crippen molar-refractivity contribution in [3.8, 4) is 6.07 Å². The molecule has 0 aromatic heterocycles. The highest BCUT2D eigenvalue weighted by molar-refractivity contribution is 6.33. The van der Waals surface area contributed by atoms with Gasteiger partial charge in [-0.1, -0.05) is 23.7 Å². The Morgan fingerprint density at radius 2 is 1.92 bits per heavy atom. The zero-order valence-electron chi connectivity index (χ0n) is 12.7. The van der Waals surface area contributed by atoms with Crippen molar-refractivity contribution in [1.82, 2.24) is 0 Å². The molecule has 0 radical (unpaired) electrons. The maximum atomic E-state index is 12.4. The van der Waals surface area contributed by atoms with Crippen LogP contribution in [0.1, 0.15) is 12.0 Å². The molecular weight excluding hydrogens is 326 g/mol. The number of amides is 2. The number of hydrogen-bond donors (Lipinski definition) is 1. The molecule has 24 heavy (non-hydrogen) atoms. The molecule has 1 aliphatic rings. The summed E-state index contributed by atoms with van der Waals surface area (Å²) in [6.07, 6.45) is 0.146. The average Bonchev–Trinajstić information content (AvgIpc) is 2.98. The number of nitriles is 1. The molecule has 0 bridgehead atoms. The van der Waals surface area contributed by atoms with Gasteiger partial charge in [0.2, 0.25) is 11.8 Å². The first-order chi connectivity index (χ1) is 11.6. The number of nitrogens with one attached hydrogen (secondary N) is 1. The lowest BCUT2D eigenvalue weighted by Crippen LogP contribution is -2.28. The molecule has 120 valence electrons. The normalized spacial score (nSPS) is 16.8. The van der Waals surface area contributed by atoms with E-state index in [0.29, 0.717) is 28.5 Å². The number of hydrogen-bond acceptors (Lipinski definition) is 3. The summed E-state index contributed by atoms with van der Waals surface area (Å²) in [5, 5.41) is 12.0. The van der Waals surface area contributed by atoms with E-state index in [2.05, 4.69) is 5.32 Å². The second-order valence-corrected chi connectivity index (χ2v) is 5.94. The molecule has 1 heterocycles. The Kier molecular flexibility index (Phi) is 4.50. The van der Waals surface area contributed by atoms with Crippen molar-refractivity contribution < 1.29 is 9.59 Å². The highest BCUT2D eigenvalue weighted by atomic mass is 35.5. The highest BCUT2D eigenvalue weighted by Crippen LogP contribution is 2.31. The predicted octanol–water partition coefficient (Wildman–Crippen LogP) is 3.20. The van der Waals surface area contributed by atoms with Crippen molar-refractivity contribution in [2.24, 2.45) is 5.92 Å². The Hall–Kier alpha value is -2.84. The van der Waals surface area contributed by atoms with Gasteiger partial charge in [0.05, 0.1) is 28.3 Å². The van der Waals surface area contributed by atoms with Gasteiger partial charge in [-0.25, -0.2) is 0 Å². The fourth-order valence-electron chi connectivity index (χ4n) is 2.66. The van der Waals surface area contributed by atoms with E-state index in [4.69, 9.17) is 16.9 Å². The maximum absolute atomic E-state index is 12.4. The second kappa shape index (κ2) is 6.73. The van der Waals surface area contributed by atoms with Crippen molar-refractivity contribution in [2.75, 3.05) is 16.8 Å². The SMILES string of the molecule is N#Cc1ccc(NC(=O)[C@@H]2CC(=O)N(c3ccccc3Cl)C2)cc1. The van der Waals surface area contributed by atoms with Gasteiger partial charge in [-0.2, -0.15) is 5.26 Å². The van der Waals surface area contributed by atoms with Crippen LogP contribution in [0.3, 0.4) is 0 Å². The Balaban J connectivity index is 1.70. The van der Waals surface area contributed by atoms with Crippen LogP contribution in [0.15, 0.2) is 48.5 Å². The van der Waals surface area contributed by atoms with Crippen LogP contribution in [-0.4, -0.2) is 18.4 Å². The molecule has 2 aromatic rings. The second-order valence-electron chi connectivity index (χ2n) is 5.54. The van der Waals surface area contributed by atoms with Crippen LogP contribution in [0.2, 0.25) is 5.02 Å². The number of nitrogens with zero attached hydrogens (tertiary/aromatic N) is 2. The lowest BCUT2D eigenvalue weighted by Gasteiger charge is -2.18. The van der Waals surface area contributed by atoms with Gasteiger partial charge in [-0.05, 0) is 36.4 Å². The highest BCUT2D eigenvalue weighted by Gasteiger charge is 2.35. The summed E-state index contributed by atoms with van der Waals surface area (Å²) in [5.41, 5.74) is 1.74. The van der Waals surface area contributed by atoms with Crippen molar-refractivity contribution >= 4 is 34.8 Å². The van der Waals surface area contributed by atoms with Gasteiger partial charge in [0.15, 0.2) is 0 Å². The van der Waals surface area contributed by atoms with Crippen molar-refractivity contribution in [3.05, 3.63) is 59.1 Å². The third-order valence-corrected chi connectivity index (χ3v) is 4.24. The monoisotopic (exact) mass is 339 g/mol. The van der Waals surface area contributed by atoms with E-state index in [0.717, 1.165) is 0 Å². The minimum atomic E-state index is -0.440. The first kappa shape index (κ1) is 16.0. The molecule has 0 spiro atoms. The Labute approximate surface area is 144 Å². The summed E-state index contributed by atoms with van der Waals surface area (Å²) in [6, 6.07) is 15.7. The van der Waals surface area contributed by atoms with E-state index in [9.17, 15) is 9.59 Å². The van der Waals surface area contributed by atoms with E-state index in [-0.39, 0.29) is 18.2 Å². The summed E-state index contributed by atoms with van der Waals surface area (Å²) < 4.78 is 0. The molecular formula is C18H14ClN3O2. The molecule has 0 unspecified atom stereocenters. The molecule has 1 aliphatic heterocycles. The largest absolute Gasteiger partial charge is 0.326 e. The van der Waals surface area contributed by atoms with Gasteiger partial charge >= 0.3 is 0 Å². The number of rotatable bonds is 3. The molecule has 3 rings (SSSR count). The van der Waals surface area contributed by atoms with Gasteiger partial charge in [0.1, 0.15) is 0 Å². The lowest BCUT2D eigenvalue weighted by atomic mass is 10.1. The Morgan fingerprint density at radius 3 is 2.58 bits per heavy atom. The van der Waals surface area contributed by atoms with Crippen molar-refractivity contribution in [1.29, 1.82) is 5.26 Å². The number of carbonyl (C=O) groups is 2. The molecule has 1 fully saturated rings. The van der Waals surface area contributed by atoms with Gasteiger partial charge in [0, 0.05) is 18.7 Å². The molecule has 0 aliphatic carbocycles. The summed E-state index contributed by atoms with van der Waals surface area (Å²) >= 11 is 6.13. The lowest BCUT2D eigenvalue weighted by molar-refractivity contribution is -0.122. The minimum Gasteiger partial charge on any atom is -0.326 e. The van der Waals surface area contributed by atoms with Crippen LogP contribution in [0.4, 0.5) is 11.4 Å². The molecule has 2 aromatic carbocycles. The fraction of sp³-hybridized carbons (Fsp3) is 0.167. The van der Waals surface area contributed by atoms with Crippen LogP contribution in [0.5, 0.6) is 0 Å². The van der Waals surface area contributed by atoms with E-state index in [1.807, 2.05) is 6.07 Å². The molecule has 5 nitrogen and oxygen atoms in total.